The van der Waals surface area contributed by atoms with Crippen molar-refractivity contribution < 1.29 is 14.0 Å². The SMILES string of the molecule is CCC[C@H](N(NC(=O)c1ccccc1F)C(=O)c1cc(C)cc(CC)c1)C(C)(C)C. The lowest BCUT2D eigenvalue weighted by Crippen LogP contribution is -2.56. The number of rotatable bonds is 6. The molecule has 0 saturated carbocycles. The van der Waals surface area contributed by atoms with E-state index in [4.69, 9.17) is 0 Å². The highest BCUT2D eigenvalue weighted by Crippen LogP contribution is 2.29. The molecule has 0 aliphatic rings. The van der Waals surface area contributed by atoms with E-state index in [1.807, 2.05) is 59.7 Å². The van der Waals surface area contributed by atoms with Crippen LogP contribution in [0.4, 0.5) is 4.39 Å². The molecule has 0 aromatic heterocycles. The standard InChI is InChI=1S/C25H33FN2O2/c1-7-11-22(25(4,5)6)28(27-23(29)20-12-9-10-13-21(20)26)24(30)19-15-17(3)14-18(8-2)16-19/h9-10,12-16,22H,7-8,11H2,1-6H3,(H,27,29)/t22-/m0/s1. The smallest absolute Gasteiger partial charge is 0.267 e. The molecule has 0 aliphatic heterocycles. The van der Waals surface area contributed by atoms with Crippen molar-refractivity contribution in [2.24, 2.45) is 5.41 Å². The Bertz CT molecular complexity index is 902. The lowest BCUT2D eigenvalue weighted by molar-refractivity contribution is 0.0269. The van der Waals surface area contributed by atoms with Crippen molar-refractivity contribution in [1.29, 1.82) is 0 Å². The normalized spacial score (nSPS) is 12.4. The molecule has 1 N–H and O–H groups in total. The molecule has 0 fully saturated rings. The Kier molecular flexibility index (Phi) is 7.77. The first kappa shape index (κ1) is 23.6. The van der Waals surface area contributed by atoms with E-state index >= 15 is 0 Å². The van der Waals surface area contributed by atoms with Gasteiger partial charge in [0.1, 0.15) is 5.82 Å². The van der Waals surface area contributed by atoms with Crippen LogP contribution in [0.1, 0.15) is 79.3 Å². The number of hydrazine groups is 1. The molecule has 0 aliphatic carbocycles. The largest absolute Gasteiger partial charge is 0.272 e. The highest BCUT2D eigenvalue weighted by Gasteiger charge is 2.35. The average molecular weight is 413 g/mol. The highest BCUT2D eigenvalue weighted by molar-refractivity contribution is 5.99. The summed E-state index contributed by atoms with van der Waals surface area (Å²) in [6, 6.07) is 11.3. The van der Waals surface area contributed by atoms with Gasteiger partial charge in [0, 0.05) is 5.56 Å². The summed E-state index contributed by atoms with van der Waals surface area (Å²) in [7, 11) is 0. The molecule has 30 heavy (non-hydrogen) atoms. The summed E-state index contributed by atoms with van der Waals surface area (Å²) in [4.78, 5) is 26.5. The molecule has 2 aromatic rings. The topological polar surface area (TPSA) is 49.4 Å². The summed E-state index contributed by atoms with van der Waals surface area (Å²) >= 11 is 0. The van der Waals surface area contributed by atoms with Crippen LogP contribution in [-0.2, 0) is 6.42 Å². The van der Waals surface area contributed by atoms with E-state index in [2.05, 4.69) is 5.43 Å². The molecular formula is C25H33FN2O2. The fourth-order valence-corrected chi connectivity index (χ4v) is 3.64. The Morgan fingerprint density at radius 3 is 2.33 bits per heavy atom. The van der Waals surface area contributed by atoms with Crippen LogP contribution in [0.25, 0.3) is 0 Å². The molecule has 2 aromatic carbocycles. The first-order valence-electron chi connectivity index (χ1n) is 10.6. The summed E-state index contributed by atoms with van der Waals surface area (Å²) in [5.74, 6) is -1.53. The van der Waals surface area contributed by atoms with E-state index in [1.54, 1.807) is 6.07 Å². The fourth-order valence-electron chi connectivity index (χ4n) is 3.64. The van der Waals surface area contributed by atoms with E-state index in [0.29, 0.717) is 12.0 Å². The number of hydrogen-bond acceptors (Lipinski definition) is 2. The minimum absolute atomic E-state index is 0.0852. The second kappa shape index (κ2) is 9.88. The van der Waals surface area contributed by atoms with Crippen molar-refractivity contribution in [3.8, 4) is 0 Å². The van der Waals surface area contributed by atoms with E-state index in [9.17, 15) is 14.0 Å². The number of hydrogen-bond donors (Lipinski definition) is 1. The minimum atomic E-state index is -0.629. The Labute approximate surface area is 179 Å². The number of carbonyl (C=O) groups excluding carboxylic acids is 2. The molecular weight excluding hydrogens is 379 g/mol. The van der Waals surface area contributed by atoms with E-state index in [-0.39, 0.29) is 22.9 Å². The van der Waals surface area contributed by atoms with Gasteiger partial charge in [-0.1, -0.05) is 64.8 Å². The third-order valence-electron chi connectivity index (χ3n) is 5.23. The molecule has 0 radical (unpaired) electrons. The van der Waals surface area contributed by atoms with Gasteiger partial charge in [-0.25, -0.2) is 9.40 Å². The number of benzene rings is 2. The molecule has 0 heterocycles. The second-order valence-corrected chi connectivity index (χ2v) is 8.83. The number of aryl methyl sites for hydroxylation is 2. The van der Waals surface area contributed by atoms with E-state index in [0.717, 1.165) is 24.0 Å². The van der Waals surface area contributed by atoms with Crippen LogP contribution < -0.4 is 5.43 Å². The van der Waals surface area contributed by atoms with Crippen LogP contribution in [-0.4, -0.2) is 22.9 Å². The summed E-state index contributed by atoms with van der Waals surface area (Å²) in [5, 5.41) is 1.41. The third-order valence-corrected chi connectivity index (χ3v) is 5.23. The highest BCUT2D eigenvalue weighted by atomic mass is 19.1. The minimum Gasteiger partial charge on any atom is -0.267 e. The number of nitrogens with zero attached hydrogens (tertiary/aromatic N) is 1. The molecule has 162 valence electrons. The molecule has 1 atom stereocenters. The van der Waals surface area contributed by atoms with Crippen molar-refractivity contribution >= 4 is 11.8 Å². The summed E-state index contributed by atoms with van der Waals surface area (Å²) < 4.78 is 14.2. The molecule has 0 unspecified atom stereocenters. The molecule has 2 rings (SSSR count). The van der Waals surface area contributed by atoms with Gasteiger partial charge in [-0.3, -0.25) is 15.0 Å². The molecule has 4 nitrogen and oxygen atoms in total. The van der Waals surface area contributed by atoms with Crippen LogP contribution >= 0.6 is 0 Å². The lowest BCUT2D eigenvalue weighted by Gasteiger charge is -2.40. The maximum atomic E-state index is 14.2. The van der Waals surface area contributed by atoms with Gasteiger partial charge >= 0.3 is 0 Å². The maximum absolute atomic E-state index is 14.2. The van der Waals surface area contributed by atoms with E-state index < -0.39 is 11.7 Å². The van der Waals surface area contributed by atoms with Crippen LogP contribution in [0.15, 0.2) is 42.5 Å². The van der Waals surface area contributed by atoms with Crippen LogP contribution in [0.2, 0.25) is 0 Å². The first-order chi connectivity index (χ1) is 14.1. The van der Waals surface area contributed by atoms with Gasteiger partial charge in [0.05, 0.1) is 11.6 Å². The van der Waals surface area contributed by atoms with Gasteiger partial charge in [-0.2, -0.15) is 0 Å². The van der Waals surface area contributed by atoms with Crippen molar-refractivity contribution in [1.82, 2.24) is 10.4 Å². The molecule has 2 amide bonds. The quantitative estimate of drug-likeness (QED) is 0.619. The number of carbonyl (C=O) groups is 2. The van der Waals surface area contributed by atoms with Crippen molar-refractivity contribution in [2.75, 3.05) is 0 Å². The Balaban J connectivity index is 2.50. The third kappa shape index (κ3) is 5.68. The van der Waals surface area contributed by atoms with Crippen molar-refractivity contribution in [2.45, 2.75) is 66.8 Å². The summed E-state index contributed by atoms with van der Waals surface area (Å²) in [5.41, 5.74) is 4.92. The molecule has 0 spiro atoms. The lowest BCUT2D eigenvalue weighted by atomic mass is 9.83. The van der Waals surface area contributed by atoms with Gasteiger partial charge in [0.25, 0.3) is 11.8 Å². The van der Waals surface area contributed by atoms with Gasteiger partial charge in [-0.05, 0) is 55.0 Å². The summed E-state index contributed by atoms with van der Waals surface area (Å²) in [6.45, 7) is 12.1. The Morgan fingerprint density at radius 1 is 1.10 bits per heavy atom. The number of amides is 2. The average Bonchev–Trinajstić information content (AvgIpc) is 2.68. The zero-order valence-electron chi connectivity index (χ0n) is 18.9. The summed E-state index contributed by atoms with van der Waals surface area (Å²) in [6.07, 6.45) is 2.36. The Hall–Kier alpha value is -2.69. The van der Waals surface area contributed by atoms with E-state index in [1.165, 1.54) is 23.2 Å². The second-order valence-electron chi connectivity index (χ2n) is 8.83. The van der Waals surface area contributed by atoms with Crippen LogP contribution in [0, 0.1) is 18.2 Å². The maximum Gasteiger partial charge on any atom is 0.272 e. The Morgan fingerprint density at radius 2 is 1.77 bits per heavy atom. The monoisotopic (exact) mass is 412 g/mol. The van der Waals surface area contributed by atoms with Crippen LogP contribution in [0.5, 0.6) is 0 Å². The van der Waals surface area contributed by atoms with Crippen molar-refractivity contribution in [3.05, 3.63) is 70.5 Å². The number of nitrogens with one attached hydrogen (secondary N) is 1. The fraction of sp³-hybridized carbons (Fsp3) is 0.440. The predicted octanol–water partition coefficient (Wildman–Crippen LogP) is 5.70. The van der Waals surface area contributed by atoms with Crippen LogP contribution in [0.3, 0.4) is 0 Å². The van der Waals surface area contributed by atoms with Crippen molar-refractivity contribution in [3.63, 3.8) is 0 Å². The predicted molar refractivity (Wildman–Crippen MR) is 119 cm³/mol. The van der Waals surface area contributed by atoms with Gasteiger partial charge < -0.3 is 0 Å². The zero-order chi connectivity index (χ0) is 22.5. The van der Waals surface area contributed by atoms with Gasteiger partial charge in [-0.15, -0.1) is 0 Å². The first-order valence-corrected chi connectivity index (χ1v) is 10.6. The van der Waals surface area contributed by atoms with Gasteiger partial charge in [0.2, 0.25) is 0 Å². The number of halogens is 1. The molecule has 0 bridgehead atoms. The van der Waals surface area contributed by atoms with Gasteiger partial charge in [0.15, 0.2) is 0 Å². The molecule has 5 heteroatoms. The zero-order valence-corrected chi connectivity index (χ0v) is 18.9. The molecule has 0 saturated heterocycles.